The number of aliphatic carboxylic acids is 3. The molecule has 45 heteroatoms. The van der Waals surface area contributed by atoms with Gasteiger partial charge in [0.05, 0.1) is 67.8 Å². The minimum Gasteiger partial charge on any atom is -0.550 e. The molecule has 2 N–H and O–H groups in total. The van der Waals surface area contributed by atoms with Crippen LogP contribution < -0.4 is 46.0 Å². The van der Waals surface area contributed by atoms with Gasteiger partial charge in [-0.2, -0.15) is 0 Å². The number of hydrogen-bond acceptors (Lipinski definition) is 22. The third-order valence-electron chi connectivity index (χ3n) is 12.0. The Bertz CT molecular complexity index is 4350. The van der Waals surface area contributed by atoms with Crippen molar-refractivity contribution in [3.8, 4) is 5.75 Å². The van der Waals surface area contributed by atoms with Crippen LogP contribution in [0.1, 0.15) is 120 Å². The summed E-state index contributed by atoms with van der Waals surface area (Å²) in [6, 6.07) is 10.8. The van der Waals surface area contributed by atoms with E-state index < -0.39 is 72.0 Å². The molecular weight excluding hydrogens is 3770 g/mol. The van der Waals surface area contributed by atoms with E-state index in [1.54, 1.807) is 31.2 Å². The summed E-state index contributed by atoms with van der Waals surface area (Å²) in [6.07, 6.45) is 3.89. The lowest BCUT2D eigenvalue weighted by Gasteiger charge is -2.24. The SMILES string of the molecule is CCOC(=O)c1c(I)c(I)c(I)c(I)c1C(=O)[O-].COC(=O)c1c(I)c(I)c(I)c(I)c1C(=O)[O-].O=C([O-])C(=O)Oc1c(I)cc(I)cc1I.O=C([O-])CC(=O)Nc1cc(I)c(I)c(I)c1.O=C([O-])CCC(=O)Nc1cc(I)c(I)c(I)c1.O=C([O-])c1c(I)c(I)c(I)c(I)c1C(=O)OC1CCCCC1. The number of hydrogen-bond donors (Lipinski definition) is 2. The molecular formula is C60H33I21N2O22-6. The van der Waals surface area contributed by atoms with Gasteiger partial charge in [-0.3, -0.25) is 9.59 Å². The Morgan fingerprint density at radius 3 is 1.04 bits per heavy atom. The van der Waals surface area contributed by atoms with E-state index in [-0.39, 0.29) is 70.6 Å². The van der Waals surface area contributed by atoms with Gasteiger partial charge in [-0.15, -0.1) is 0 Å². The Labute approximate surface area is 884 Å². The quantitative estimate of drug-likeness (QED) is 0.0133. The van der Waals surface area contributed by atoms with Gasteiger partial charge in [0.25, 0.3) is 0 Å². The number of carboxylic acids is 6. The number of anilines is 2. The van der Waals surface area contributed by atoms with Crippen LogP contribution in [0.5, 0.6) is 5.75 Å². The van der Waals surface area contributed by atoms with Gasteiger partial charge in [-0.05, 0) is 550 Å². The summed E-state index contributed by atoms with van der Waals surface area (Å²) in [5, 5.41) is 69.7. The van der Waals surface area contributed by atoms with Crippen molar-refractivity contribution < 1.29 is 107 Å². The van der Waals surface area contributed by atoms with Gasteiger partial charge in [0, 0.05) is 108 Å². The number of carboxylic acid groups (broad SMARTS) is 6. The predicted molar refractivity (Wildman–Crippen MR) is 550 cm³/mol. The largest absolute Gasteiger partial charge is 0.550 e. The maximum Gasteiger partial charge on any atom is 0.359 e. The van der Waals surface area contributed by atoms with E-state index in [9.17, 15) is 88.2 Å². The highest BCUT2D eigenvalue weighted by Gasteiger charge is 2.30. The highest BCUT2D eigenvalue weighted by molar-refractivity contribution is 14.1. The van der Waals surface area contributed by atoms with Crippen molar-refractivity contribution in [2.24, 2.45) is 0 Å². The van der Waals surface area contributed by atoms with Crippen molar-refractivity contribution in [1.29, 1.82) is 0 Å². The van der Waals surface area contributed by atoms with Crippen LogP contribution in [0.3, 0.4) is 0 Å². The van der Waals surface area contributed by atoms with Crippen molar-refractivity contribution in [3.63, 3.8) is 0 Å². The maximum absolute atomic E-state index is 12.5. The first-order chi connectivity index (χ1) is 48.7. The number of halogens is 21. The number of esters is 4. The molecule has 0 spiro atoms. The summed E-state index contributed by atoms with van der Waals surface area (Å²) in [5.74, 6) is -12.4. The molecule has 1 aliphatic carbocycles. The third-order valence-corrected chi connectivity index (χ3v) is 46.3. The highest BCUT2D eigenvalue weighted by Crippen LogP contribution is 2.38. The minimum absolute atomic E-state index is 0.0577. The molecule has 0 aliphatic heterocycles. The number of amides is 2. The second-order valence-corrected chi connectivity index (χ2v) is 42.5. The van der Waals surface area contributed by atoms with Crippen molar-refractivity contribution in [1.82, 2.24) is 0 Å². The second-order valence-electron chi connectivity index (χ2n) is 19.2. The fourth-order valence-corrected chi connectivity index (χ4v) is 26.4. The Balaban J connectivity index is 0.000000430. The number of benzene rings is 6. The van der Waals surface area contributed by atoms with Gasteiger partial charge in [0.2, 0.25) is 11.8 Å². The molecule has 2 amide bonds. The second kappa shape index (κ2) is 52.4. The van der Waals surface area contributed by atoms with Gasteiger partial charge in [-0.1, -0.05) is 6.42 Å². The molecule has 6 aromatic rings. The normalized spacial score (nSPS) is 11.2. The van der Waals surface area contributed by atoms with E-state index in [0.717, 1.165) is 78.5 Å². The summed E-state index contributed by atoms with van der Waals surface area (Å²) in [6.45, 7) is 1.87. The van der Waals surface area contributed by atoms with E-state index in [1.807, 2.05) is 215 Å². The molecule has 0 aromatic heterocycles. The lowest BCUT2D eigenvalue weighted by molar-refractivity contribution is -0.306. The summed E-state index contributed by atoms with van der Waals surface area (Å²) >= 11 is 43.3. The Morgan fingerprint density at radius 2 is 0.724 bits per heavy atom. The predicted octanol–water partition coefficient (Wildman–Crippen LogP) is 13.6. The van der Waals surface area contributed by atoms with Crippen molar-refractivity contribution in [2.75, 3.05) is 24.4 Å². The first kappa shape index (κ1) is 105. The standard InChI is InChI=1S/C14H12I4O4.C10H6I4O4.C10H8I3NO3.C9H4I4O4.C9H6I3NO3.C8H3I3O4/c15-9-7(13(19)20)8(10(16)12(18)11(9)17)14(21)22-6-4-2-1-3-5-6;1-2-18-10(17)4-3(9(15)16)5(11)7(13)8(14)6(4)12;11-6-3-5(4-7(12)10(6)13)14-8(15)1-2-9(16)17;1-17-9(16)3-2(8(14)15)4(10)6(12)7(13)5(3)11;10-5-1-4(2-6(11)9(5)12)13-7(14)3-8(15)16;9-3-1-4(10)6(5(11)2-3)15-8(14)7(12)13/h6H,1-5H2,(H,19,20);2H2,1H3,(H,15,16);3-4H,1-2H2,(H,14,15)(H,16,17);1H3,(H,14,15);1-2H,3H2,(H,13,14)(H,15,16);1-2H,(H,12,13)/p-6. The average Bonchev–Trinajstić information content (AvgIpc) is 0.783. The van der Waals surface area contributed by atoms with E-state index in [2.05, 4.69) is 291 Å². The monoisotopic (exact) mass is 3800 g/mol. The third kappa shape index (κ3) is 33.8. The zero-order valence-electron chi connectivity index (χ0n) is 51.3. The zero-order valence-corrected chi connectivity index (χ0v) is 96.6. The summed E-state index contributed by atoms with van der Waals surface area (Å²) in [4.78, 5) is 134. The van der Waals surface area contributed by atoms with Gasteiger partial charge in [-0.25, -0.2) is 19.2 Å². The fraction of sp³-hybridized carbons (Fsp3) is 0.200. The van der Waals surface area contributed by atoms with E-state index in [0.29, 0.717) is 39.9 Å². The summed E-state index contributed by atoms with van der Waals surface area (Å²) in [5.41, 5.74) is 1.28. The summed E-state index contributed by atoms with van der Waals surface area (Å²) < 4.78 is 36.7. The van der Waals surface area contributed by atoms with Gasteiger partial charge < -0.3 is 89.0 Å². The van der Waals surface area contributed by atoms with Crippen molar-refractivity contribution >= 4 is 557 Å². The van der Waals surface area contributed by atoms with Crippen LogP contribution in [0.25, 0.3) is 0 Å². The molecule has 0 atom stereocenters. The van der Waals surface area contributed by atoms with Crippen LogP contribution in [-0.4, -0.2) is 91.3 Å². The summed E-state index contributed by atoms with van der Waals surface area (Å²) in [7, 11) is 1.22. The molecule has 0 saturated heterocycles. The van der Waals surface area contributed by atoms with E-state index in [4.69, 9.17) is 9.47 Å². The van der Waals surface area contributed by atoms with Crippen LogP contribution in [0.4, 0.5) is 11.4 Å². The number of carbonyl (C=O) groups is 12. The number of carbonyl (C=O) groups excluding carboxylic acids is 12. The van der Waals surface area contributed by atoms with Crippen LogP contribution in [0.15, 0.2) is 36.4 Å². The zero-order chi connectivity index (χ0) is 80.7. The average molecular weight is 3800 g/mol. The molecule has 105 heavy (non-hydrogen) atoms. The van der Waals surface area contributed by atoms with Gasteiger partial charge >= 0.3 is 23.9 Å². The molecule has 568 valence electrons. The molecule has 6 aromatic carbocycles. The minimum atomic E-state index is -1.85. The smallest absolute Gasteiger partial charge is 0.359 e. The van der Waals surface area contributed by atoms with Crippen LogP contribution in [0.2, 0.25) is 0 Å². The molecule has 1 fully saturated rings. The number of methoxy groups -OCH3 is 1. The van der Waals surface area contributed by atoms with E-state index in [1.165, 1.54) is 7.11 Å². The number of rotatable bonds is 16. The number of ether oxygens (including phenoxy) is 4. The van der Waals surface area contributed by atoms with Crippen molar-refractivity contribution in [2.45, 2.75) is 64.4 Å². The lowest BCUT2D eigenvalue weighted by Crippen LogP contribution is -2.35. The molecule has 1 saturated carbocycles. The van der Waals surface area contributed by atoms with Crippen LogP contribution in [-0.2, 0) is 43.0 Å². The Kier molecular flexibility index (Phi) is 52.5. The van der Waals surface area contributed by atoms with Crippen LogP contribution >= 0.6 is 474 Å². The molecule has 7 rings (SSSR count). The Hall–Kier alpha value is 4.29. The van der Waals surface area contributed by atoms with Gasteiger partial charge in [0.1, 0.15) is 6.10 Å². The lowest BCUT2D eigenvalue weighted by atomic mass is 9.97. The molecule has 1 aliphatic rings. The maximum atomic E-state index is 12.5. The number of nitrogens with one attached hydrogen (secondary N) is 2. The van der Waals surface area contributed by atoms with Gasteiger partial charge in [0.15, 0.2) is 11.7 Å². The Morgan fingerprint density at radius 1 is 0.390 bits per heavy atom. The highest BCUT2D eigenvalue weighted by atomic mass is 127. The first-order valence-electron chi connectivity index (χ1n) is 27.2. The molecule has 0 heterocycles. The molecule has 24 nitrogen and oxygen atoms in total. The number of aromatic carboxylic acids is 3. The molecule has 0 unspecified atom stereocenters. The molecule has 0 bridgehead atoms. The topological polar surface area (TPSA) is 404 Å². The first-order valence-corrected chi connectivity index (χ1v) is 49.9. The fourth-order valence-electron chi connectivity index (χ4n) is 7.54. The van der Waals surface area contributed by atoms with Crippen LogP contribution in [0, 0.1) is 75.0 Å². The molecule has 0 radical (unpaired) electrons. The van der Waals surface area contributed by atoms with Crippen molar-refractivity contribution in [3.05, 3.63) is 145 Å². The van der Waals surface area contributed by atoms with E-state index >= 15 is 0 Å².